The van der Waals surface area contributed by atoms with Gasteiger partial charge in [0.1, 0.15) is 0 Å². The van der Waals surface area contributed by atoms with E-state index < -0.39 is 0 Å². The topological polar surface area (TPSA) is 47.6 Å². The van der Waals surface area contributed by atoms with Crippen molar-refractivity contribution in [1.82, 2.24) is 5.32 Å². The Balaban J connectivity index is 1.79. The molecule has 0 spiro atoms. The van der Waals surface area contributed by atoms with Gasteiger partial charge in [-0.1, -0.05) is 49.7 Å². The fourth-order valence-corrected chi connectivity index (χ4v) is 2.76. The normalized spacial score (nSPS) is 10.4. The van der Waals surface area contributed by atoms with Crippen LogP contribution in [0.25, 0.3) is 0 Å². The maximum atomic E-state index is 12.1. The van der Waals surface area contributed by atoms with Crippen molar-refractivity contribution in [3.8, 4) is 11.5 Å². The maximum Gasteiger partial charge on any atom is 0.220 e. The van der Waals surface area contributed by atoms with Crippen molar-refractivity contribution in [2.75, 3.05) is 19.8 Å². The van der Waals surface area contributed by atoms with Crippen molar-refractivity contribution in [3.63, 3.8) is 0 Å². The van der Waals surface area contributed by atoms with E-state index in [0.29, 0.717) is 32.6 Å². The van der Waals surface area contributed by atoms with E-state index >= 15 is 0 Å². The summed E-state index contributed by atoms with van der Waals surface area (Å²) in [7, 11) is 0. The summed E-state index contributed by atoms with van der Waals surface area (Å²) in [5, 5.41) is 2.99. The number of nitrogens with one attached hydrogen (secondary N) is 1. The summed E-state index contributed by atoms with van der Waals surface area (Å²) in [6.45, 7) is 6.05. The first-order chi connectivity index (χ1) is 13.2. The van der Waals surface area contributed by atoms with Gasteiger partial charge < -0.3 is 14.8 Å². The Morgan fingerprint density at radius 1 is 0.926 bits per heavy atom. The molecule has 4 nitrogen and oxygen atoms in total. The molecule has 0 aliphatic rings. The van der Waals surface area contributed by atoms with Crippen LogP contribution in [0.15, 0.2) is 48.5 Å². The second-order valence-corrected chi connectivity index (χ2v) is 6.50. The molecule has 0 atom stereocenters. The molecule has 0 heterocycles. The first-order valence-electron chi connectivity index (χ1n) is 9.92. The van der Waals surface area contributed by atoms with Crippen LogP contribution in [0.4, 0.5) is 0 Å². The van der Waals surface area contributed by atoms with Gasteiger partial charge in [0.05, 0.1) is 13.2 Å². The summed E-state index contributed by atoms with van der Waals surface area (Å²) in [4.78, 5) is 12.1. The third-order valence-corrected chi connectivity index (χ3v) is 4.28. The zero-order valence-corrected chi connectivity index (χ0v) is 16.5. The number of rotatable bonds is 12. The number of aryl methyl sites for hydroxylation is 1. The minimum absolute atomic E-state index is 0.0761. The van der Waals surface area contributed by atoms with Crippen LogP contribution in [0.5, 0.6) is 11.5 Å². The van der Waals surface area contributed by atoms with Gasteiger partial charge in [0.25, 0.3) is 0 Å². The molecule has 2 rings (SSSR count). The highest BCUT2D eigenvalue weighted by molar-refractivity contribution is 5.76. The molecular formula is C23H31NO3. The molecule has 0 unspecified atom stereocenters. The lowest BCUT2D eigenvalue weighted by molar-refractivity contribution is -0.121. The minimum Gasteiger partial charge on any atom is -0.490 e. The summed E-state index contributed by atoms with van der Waals surface area (Å²) >= 11 is 0. The number of carbonyl (C=O) groups is 1. The van der Waals surface area contributed by atoms with E-state index in [4.69, 9.17) is 9.47 Å². The molecule has 0 fully saturated rings. The standard InChI is InChI=1S/C23H31NO3/c1-3-5-17-27-21-13-11-20(18-22(21)26-4-2)12-14-23(25)24-16-15-19-9-7-6-8-10-19/h6-11,13,18H,3-5,12,14-17H2,1-2H3,(H,24,25). The van der Waals surface area contributed by atoms with Crippen molar-refractivity contribution >= 4 is 5.91 Å². The van der Waals surface area contributed by atoms with E-state index in [2.05, 4.69) is 24.4 Å². The molecule has 0 aliphatic heterocycles. The Morgan fingerprint density at radius 3 is 2.48 bits per heavy atom. The Bertz CT molecular complexity index is 685. The lowest BCUT2D eigenvalue weighted by Crippen LogP contribution is -2.25. The van der Waals surface area contributed by atoms with E-state index in [-0.39, 0.29) is 5.91 Å². The summed E-state index contributed by atoms with van der Waals surface area (Å²) in [5.74, 6) is 1.61. The summed E-state index contributed by atoms with van der Waals surface area (Å²) in [6, 6.07) is 16.1. The number of hydrogen-bond donors (Lipinski definition) is 1. The fourth-order valence-electron chi connectivity index (χ4n) is 2.76. The van der Waals surface area contributed by atoms with Gasteiger partial charge >= 0.3 is 0 Å². The fraction of sp³-hybridized carbons (Fsp3) is 0.435. The second kappa shape index (κ2) is 12.0. The van der Waals surface area contributed by atoms with Gasteiger partial charge in [-0.2, -0.15) is 0 Å². The zero-order chi connectivity index (χ0) is 19.3. The van der Waals surface area contributed by atoms with Crippen LogP contribution in [0.3, 0.4) is 0 Å². The van der Waals surface area contributed by atoms with E-state index in [1.807, 2.05) is 43.3 Å². The van der Waals surface area contributed by atoms with Gasteiger partial charge in [0.15, 0.2) is 11.5 Å². The third kappa shape index (κ3) is 7.73. The molecule has 0 aromatic heterocycles. The number of unbranched alkanes of at least 4 members (excludes halogenated alkanes) is 1. The maximum absolute atomic E-state index is 12.1. The van der Waals surface area contributed by atoms with Gasteiger partial charge in [0.2, 0.25) is 5.91 Å². The van der Waals surface area contributed by atoms with E-state index in [1.165, 1.54) is 5.56 Å². The van der Waals surface area contributed by atoms with Gasteiger partial charge in [-0.05, 0) is 49.4 Å². The highest BCUT2D eigenvalue weighted by Gasteiger charge is 2.08. The summed E-state index contributed by atoms with van der Waals surface area (Å²) in [5.41, 5.74) is 2.32. The molecule has 0 radical (unpaired) electrons. The van der Waals surface area contributed by atoms with Crippen LogP contribution >= 0.6 is 0 Å². The molecule has 4 heteroatoms. The van der Waals surface area contributed by atoms with E-state index in [1.54, 1.807) is 0 Å². The molecule has 1 N–H and O–H groups in total. The van der Waals surface area contributed by atoms with Crippen molar-refractivity contribution in [3.05, 3.63) is 59.7 Å². The second-order valence-electron chi connectivity index (χ2n) is 6.50. The van der Waals surface area contributed by atoms with Crippen LogP contribution < -0.4 is 14.8 Å². The van der Waals surface area contributed by atoms with Gasteiger partial charge in [-0.15, -0.1) is 0 Å². The Hall–Kier alpha value is -2.49. The number of carbonyl (C=O) groups excluding carboxylic acids is 1. The molecule has 1 amide bonds. The first-order valence-corrected chi connectivity index (χ1v) is 9.92. The molecule has 2 aromatic rings. The largest absolute Gasteiger partial charge is 0.490 e. The highest BCUT2D eigenvalue weighted by Crippen LogP contribution is 2.29. The zero-order valence-electron chi connectivity index (χ0n) is 16.5. The number of amides is 1. The van der Waals surface area contributed by atoms with Crippen molar-refractivity contribution in [2.45, 2.75) is 46.0 Å². The smallest absolute Gasteiger partial charge is 0.220 e. The van der Waals surface area contributed by atoms with Gasteiger partial charge in [-0.3, -0.25) is 4.79 Å². The SMILES string of the molecule is CCCCOc1ccc(CCC(=O)NCCc2ccccc2)cc1OCC. The summed E-state index contributed by atoms with van der Waals surface area (Å²) < 4.78 is 11.5. The Labute approximate surface area is 162 Å². The number of hydrogen-bond acceptors (Lipinski definition) is 3. The molecule has 0 saturated heterocycles. The number of benzene rings is 2. The van der Waals surface area contributed by atoms with Gasteiger partial charge in [0, 0.05) is 13.0 Å². The lowest BCUT2D eigenvalue weighted by Gasteiger charge is -2.13. The monoisotopic (exact) mass is 369 g/mol. The molecule has 2 aromatic carbocycles. The molecular weight excluding hydrogens is 338 g/mol. The Kier molecular flexibility index (Phi) is 9.25. The minimum atomic E-state index is 0.0761. The molecule has 0 saturated carbocycles. The Morgan fingerprint density at radius 2 is 1.74 bits per heavy atom. The third-order valence-electron chi connectivity index (χ3n) is 4.28. The van der Waals surface area contributed by atoms with Crippen molar-refractivity contribution < 1.29 is 14.3 Å². The number of ether oxygens (including phenoxy) is 2. The van der Waals surface area contributed by atoms with Gasteiger partial charge in [-0.25, -0.2) is 0 Å². The van der Waals surface area contributed by atoms with Crippen LogP contribution in [0.2, 0.25) is 0 Å². The molecule has 0 bridgehead atoms. The molecule has 146 valence electrons. The first kappa shape index (κ1) is 20.8. The molecule has 27 heavy (non-hydrogen) atoms. The van der Waals surface area contributed by atoms with Crippen LogP contribution in [-0.2, 0) is 17.6 Å². The van der Waals surface area contributed by atoms with Crippen LogP contribution in [0, 0.1) is 0 Å². The highest BCUT2D eigenvalue weighted by atomic mass is 16.5. The van der Waals surface area contributed by atoms with Crippen molar-refractivity contribution in [1.29, 1.82) is 0 Å². The summed E-state index contributed by atoms with van der Waals surface area (Å²) in [6.07, 6.45) is 4.13. The van der Waals surface area contributed by atoms with E-state index in [0.717, 1.165) is 36.3 Å². The average Bonchev–Trinajstić information content (AvgIpc) is 2.69. The van der Waals surface area contributed by atoms with E-state index in [9.17, 15) is 4.79 Å². The lowest BCUT2D eigenvalue weighted by atomic mass is 10.1. The van der Waals surface area contributed by atoms with Crippen LogP contribution in [-0.4, -0.2) is 25.7 Å². The molecule has 0 aliphatic carbocycles. The average molecular weight is 370 g/mol. The quantitative estimate of drug-likeness (QED) is 0.558. The predicted molar refractivity (Wildman–Crippen MR) is 109 cm³/mol. The van der Waals surface area contributed by atoms with Crippen LogP contribution in [0.1, 0.15) is 44.2 Å². The predicted octanol–water partition coefficient (Wildman–Crippen LogP) is 4.56. The van der Waals surface area contributed by atoms with Crippen molar-refractivity contribution in [2.24, 2.45) is 0 Å².